The Morgan fingerprint density at radius 3 is 1.59 bits per heavy atom. The minimum Gasteiger partial charge on any atom is -0.481 e. The zero-order chi connectivity index (χ0) is 61.9. The third kappa shape index (κ3) is 19.3. The number of benzene rings is 9. The van der Waals surface area contributed by atoms with Gasteiger partial charge in [-0.1, -0.05) is 126 Å². The van der Waals surface area contributed by atoms with Crippen LogP contribution in [-0.2, 0) is 121 Å². The molecule has 9 heterocycles. The van der Waals surface area contributed by atoms with Crippen molar-refractivity contribution >= 4 is 76.5 Å². The molecule has 0 unspecified atom stereocenters. The van der Waals surface area contributed by atoms with Crippen LogP contribution in [0.1, 0.15) is 0 Å². The SMILES string of the molecule is [Ir].[Ir].[Ir].[Ir].[Ir].[Ir].[c-]1cccc2ccc3cccnc3c12.[c-]1ccccc1-c1cc2ccccc2cn1.[c-]1ccccc1-c1nc2ccccc2o1.[c-]1ccccc1-c1nc2cccnc2n1-c1ccccc1.[c-]1ccnc2ccc3cccnc3c12.[c-]1cnccc1-c1ccccn1. The maximum Gasteiger partial charge on any atom is 0.155 e. The van der Waals surface area contributed by atoms with Gasteiger partial charge in [-0.3, -0.25) is 15.0 Å². The Kier molecular flexibility index (Phi) is 30.4. The Hall–Kier alpha value is -8.83. The molecule has 0 atom stereocenters. The van der Waals surface area contributed by atoms with Crippen LogP contribution < -0.4 is 0 Å². The van der Waals surface area contributed by atoms with Gasteiger partial charge >= 0.3 is 0 Å². The van der Waals surface area contributed by atoms with Gasteiger partial charge in [-0.05, 0) is 116 Å². The fourth-order valence-electron chi connectivity index (χ4n) is 10.1. The van der Waals surface area contributed by atoms with Crippen LogP contribution in [0, 0.1) is 36.4 Å². The van der Waals surface area contributed by atoms with Gasteiger partial charge in [-0.2, -0.15) is 11.6 Å². The molecule has 18 aromatic rings. The molecule has 11 nitrogen and oxygen atoms in total. The zero-order valence-corrected chi connectivity index (χ0v) is 65.8. The van der Waals surface area contributed by atoms with E-state index in [1.807, 2.05) is 225 Å². The van der Waals surface area contributed by atoms with E-state index in [1.54, 1.807) is 37.2 Å². The van der Waals surface area contributed by atoms with Crippen molar-refractivity contribution in [3.8, 4) is 51.0 Å². The maximum absolute atomic E-state index is 5.61. The molecular weight excluding hydrogens is 2280 g/mol. The third-order valence-corrected chi connectivity index (χ3v) is 14.5. The quantitative estimate of drug-likeness (QED) is 0.121. The summed E-state index contributed by atoms with van der Waals surface area (Å²) in [4.78, 5) is 39.1. The molecule has 6 radical (unpaired) electrons. The summed E-state index contributed by atoms with van der Waals surface area (Å²) in [5.41, 5.74) is 13.2. The van der Waals surface area contributed by atoms with Crippen LogP contribution >= 0.6 is 0 Å². The van der Waals surface area contributed by atoms with E-state index in [2.05, 4.69) is 135 Å². The van der Waals surface area contributed by atoms with Crippen LogP contribution in [0.15, 0.2) is 321 Å². The Morgan fingerprint density at radius 1 is 0.316 bits per heavy atom. The summed E-state index contributed by atoms with van der Waals surface area (Å²) in [6, 6.07) is 106. The Bertz CT molecular complexity index is 5090. The predicted octanol–water partition coefficient (Wildman–Crippen LogP) is 18.6. The first-order chi connectivity index (χ1) is 45.7. The van der Waals surface area contributed by atoms with Gasteiger partial charge in [0.15, 0.2) is 5.65 Å². The smallest absolute Gasteiger partial charge is 0.155 e. The molecule has 492 valence electrons. The van der Waals surface area contributed by atoms with E-state index in [4.69, 9.17) is 9.40 Å². The summed E-state index contributed by atoms with van der Waals surface area (Å²) in [6.45, 7) is 0. The van der Waals surface area contributed by atoms with Crippen molar-refractivity contribution in [3.05, 3.63) is 353 Å². The summed E-state index contributed by atoms with van der Waals surface area (Å²) in [7, 11) is 0. The van der Waals surface area contributed by atoms with E-state index >= 15 is 0 Å². The van der Waals surface area contributed by atoms with Crippen molar-refractivity contribution < 1.29 is 125 Å². The monoisotopic (exact) mass is 2340 g/mol. The number of fused-ring (bicyclic) bond motifs is 9. The summed E-state index contributed by atoms with van der Waals surface area (Å²) >= 11 is 0. The summed E-state index contributed by atoms with van der Waals surface area (Å²) in [6.07, 6.45) is 14.2. The van der Waals surface area contributed by atoms with E-state index in [0.29, 0.717) is 5.89 Å². The molecule has 0 aliphatic rings. The molecule has 0 aliphatic heterocycles. The second-order valence-electron chi connectivity index (χ2n) is 20.5. The standard InChI is InChI=1S/C18H12N3.C15H10N.C13H8NO.C13H8N.C12H7N2.C10H7N2.6Ir/c1-3-8-14(9-4-1)17-20-16-12-7-13-19-18(16)21(17)15-10-5-2-6-11-15;1-2-6-12(7-3-1)15-10-13-8-4-5-9-14(13)11-16-15;1-2-6-10(7-3-1)13-14-11-8-4-5-9-12(11)15-13;1-2-6-12-10(4-1)7-8-11-5-3-9-14-13(11)12;1-3-9-5-6-11-10(4-2-7-13-11)12(9)14-8-1;1-2-6-12-10(3-1)9-4-7-11-8-5-9;;;;;;/h1-8,10-13H;1-6,8-11H;1-6,8-9H;1-5,7-9H;1-3,5-8H;1-4,6-8H;;;;;;/q6*-1;;;;;;. The molecule has 0 fully saturated rings. The average Bonchev–Trinajstić information content (AvgIpc) is 1.72. The summed E-state index contributed by atoms with van der Waals surface area (Å²) in [5.74, 6) is 1.48. The Labute approximate surface area is 648 Å². The largest absolute Gasteiger partial charge is 0.481 e. The molecule has 17 heteroatoms. The van der Waals surface area contributed by atoms with E-state index in [0.717, 1.165) is 100 Å². The van der Waals surface area contributed by atoms with Crippen molar-refractivity contribution in [2.75, 3.05) is 0 Å². The van der Waals surface area contributed by atoms with Gasteiger partial charge in [0.1, 0.15) is 11.5 Å². The normalized spacial score (nSPS) is 9.96. The second-order valence-corrected chi connectivity index (χ2v) is 20.5. The number of hydrogen-bond acceptors (Lipinski definition) is 10. The second kappa shape index (κ2) is 38.9. The number of rotatable bonds is 5. The Morgan fingerprint density at radius 2 is 0.888 bits per heavy atom. The fraction of sp³-hybridized carbons (Fsp3) is 0. The van der Waals surface area contributed by atoms with Gasteiger partial charge in [-0.15, -0.1) is 155 Å². The first-order valence-electron chi connectivity index (χ1n) is 29.5. The van der Waals surface area contributed by atoms with Gasteiger partial charge in [0.25, 0.3) is 0 Å². The average molecular weight is 2330 g/mol. The maximum atomic E-state index is 5.61. The van der Waals surface area contributed by atoms with E-state index < -0.39 is 0 Å². The minimum absolute atomic E-state index is 0. The van der Waals surface area contributed by atoms with Crippen LogP contribution in [-0.4, -0.2) is 49.4 Å². The van der Waals surface area contributed by atoms with Gasteiger partial charge < -0.3 is 33.9 Å². The number of pyridine rings is 7. The zero-order valence-electron chi connectivity index (χ0n) is 51.4. The molecule has 9 aromatic heterocycles. The molecule has 0 saturated carbocycles. The van der Waals surface area contributed by atoms with Gasteiger partial charge in [0.2, 0.25) is 0 Å². The van der Waals surface area contributed by atoms with Crippen molar-refractivity contribution in [1.29, 1.82) is 0 Å². The Balaban J connectivity index is 0.000000165. The van der Waals surface area contributed by atoms with E-state index in [1.165, 1.54) is 21.5 Å². The van der Waals surface area contributed by atoms with Crippen molar-refractivity contribution in [3.63, 3.8) is 0 Å². The number of para-hydroxylation sites is 3. The molecule has 18 rings (SSSR count). The topological polar surface area (TPSA) is 134 Å². The van der Waals surface area contributed by atoms with Gasteiger partial charge in [0.05, 0.1) is 16.9 Å². The van der Waals surface area contributed by atoms with E-state index in [-0.39, 0.29) is 121 Å². The molecule has 0 aliphatic carbocycles. The molecule has 0 N–H and O–H groups in total. The molecule has 0 spiro atoms. The number of oxazole rings is 1. The van der Waals surface area contributed by atoms with E-state index in [9.17, 15) is 0 Å². The fourth-order valence-corrected chi connectivity index (χ4v) is 10.1. The van der Waals surface area contributed by atoms with Crippen molar-refractivity contribution in [1.82, 2.24) is 49.4 Å². The third-order valence-electron chi connectivity index (χ3n) is 14.5. The molecule has 98 heavy (non-hydrogen) atoms. The molecule has 0 saturated heterocycles. The van der Waals surface area contributed by atoms with Crippen molar-refractivity contribution in [2.24, 2.45) is 0 Å². The number of aromatic nitrogens is 10. The van der Waals surface area contributed by atoms with Gasteiger partial charge in [0, 0.05) is 157 Å². The first kappa shape index (κ1) is 76.5. The number of imidazole rings is 1. The van der Waals surface area contributed by atoms with Crippen molar-refractivity contribution in [2.45, 2.75) is 0 Å². The van der Waals surface area contributed by atoms with Crippen LogP contribution in [0.2, 0.25) is 0 Å². The minimum atomic E-state index is 0. The van der Waals surface area contributed by atoms with Crippen LogP contribution in [0.25, 0.3) is 128 Å². The summed E-state index contributed by atoms with van der Waals surface area (Å²) in [5, 5.41) is 7.97. The number of nitrogens with zero attached hydrogens (tertiary/aromatic N) is 10. The molecule has 9 aromatic carbocycles. The van der Waals surface area contributed by atoms with Crippen LogP contribution in [0.4, 0.5) is 0 Å². The van der Waals surface area contributed by atoms with Gasteiger partial charge in [-0.25, -0.2) is 4.98 Å². The first-order valence-corrected chi connectivity index (χ1v) is 29.5. The molecule has 0 bridgehead atoms. The van der Waals surface area contributed by atoms with Crippen LogP contribution in [0.5, 0.6) is 0 Å². The molecular formula is C81H52Ir6N10O-6. The predicted molar refractivity (Wildman–Crippen MR) is 368 cm³/mol. The van der Waals surface area contributed by atoms with Crippen LogP contribution in [0.3, 0.4) is 0 Å². The number of hydrogen-bond donors (Lipinski definition) is 0. The molecule has 0 amide bonds. The summed E-state index contributed by atoms with van der Waals surface area (Å²) < 4.78 is 7.68.